The van der Waals surface area contributed by atoms with Crippen LogP contribution in [0.2, 0.25) is 0 Å². The number of aryl methyl sites for hydroxylation is 1. The van der Waals surface area contributed by atoms with Gasteiger partial charge in [-0.15, -0.1) is 0 Å². The number of carboxylic acid groups (broad SMARTS) is 1. The smallest absolute Gasteiger partial charge is 0.475 e. The molecule has 0 aliphatic heterocycles. The summed E-state index contributed by atoms with van der Waals surface area (Å²) in [6.07, 6.45) is -5.08. The number of hydrogen-bond donors (Lipinski definition) is 3. The molecule has 0 amide bonds. The van der Waals surface area contributed by atoms with Crippen molar-refractivity contribution in [3.63, 3.8) is 0 Å². The molecular formula is C10H11F3N2O2S. The van der Waals surface area contributed by atoms with E-state index in [1.165, 1.54) is 5.56 Å². The number of rotatable bonds is 1. The molecule has 8 heteroatoms. The van der Waals surface area contributed by atoms with Crippen molar-refractivity contribution < 1.29 is 23.1 Å². The molecule has 1 aromatic rings. The van der Waals surface area contributed by atoms with Gasteiger partial charge in [-0.05, 0) is 6.92 Å². The number of hydrogen-bond acceptors (Lipinski definition) is 3. The van der Waals surface area contributed by atoms with E-state index in [2.05, 4.69) is 5.43 Å². The summed E-state index contributed by atoms with van der Waals surface area (Å²) in [6.45, 7) is 2.03. The summed E-state index contributed by atoms with van der Waals surface area (Å²) in [7, 11) is 0. The fourth-order valence-electron chi connectivity index (χ4n) is 0.788. The van der Waals surface area contributed by atoms with Crippen LogP contribution in [-0.4, -0.2) is 22.2 Å². The lowest BCUT2D eigenvalue weighted by Gasteiger charge is -2.01. The van der Waals surface area contributed by atoms with E-state index in [1.807, 2.05) is 31.2 Å². The van der Waals surface area contributed by atoms with Crippen molar-refractivity contribution in [2.75, 3.05) is 0 Å². The third-order valence-electron chi connectivity index (χ3n) is 1.69. The maximum atomic E-state index is 10.6. The number of alkyl halides is 3. The van der Waals surface area contributed by atoms with E-state index in [9.17, 15) is 13.2 Å². The molecule has 0 saturated heterocycles. The van der Waals surface area contributed by atoms with Crippen LogP contribution in [0.4, 0.5) is 13.2 Å². The lowest BCUT2D eigenvalue weighted by molar-refractivity contribution is -0.192. The van der Waals surface area contributed by atoms with Gasteiger partial charge in [0.15, 0.2) is 0 Å². The first-order valence-corrected chi connectivity index (χ1v) is 4.97. The minimum absolute atomic E-state index is 0.574. The van der Waals surface area contributed by atoms with Crippen molar-refractivity contribution in [1.82, 2.24) is 5.43 Å². The van der Waals surface area contributed by atoms with E-state index < -0.39 is 12.1 Å². The zero-order chi connectivity index (χ0) is 14.3. The highest BCUT2D eigenvalue weighted by atomic mass is 32.1. The maximum Gasteiger partial charge on any atom is 0.490 e. The van der Waals surface area contributed by atoms with Gasteiger partial charge in [-0.25, -0.2) is 10.6 Å². The summed E-state index contributed by atoms with van der Waals surface area (Å²) >= 11 is 4.93. The van der Waals surface area contributed by atoms with Crippen molar-refractivity contribution in [1.29, 1.82) is 0 Å². The van der Waals surface area contributed by atoms with Crippen LogP contribution in [0.1, 0.15) is 11.1 Å². The molecule has 18 heavy (non-hydrogen) atoms. The van der Waals surface area contributed by atoms with E-state index in [0.717, 1.165) is 5.56 Å². The molecule has 0 spiro atoms. The standard InChI is InChI=1S/C8H10N2S.C2HF3O2/c1-6-2-4-7(5-3-6)8(11)10-9;3-2(4,5)1(6)7/h2-5H,9H2,1H3,(H,10,11);(H,6,7). The van der Waals surface area contributed by atoms with Crippen LogP contribution in [0.3, 0.4) is 0 Å². The second-order valence-electron chi connectivity index (χ2n) is 3.14. The Morgan fingerprint density at radius 3 is 2.00 bits per heavy atom. The fraction of sp³-hybridized carbons (Fsp3) is 0.200. The van der Waals surface area contributed by atoms with E-state index >= 15 is 0 Å². The monoisotopic (exact) mass is 280 g/mol. The van der Waals surface area contributed by atoms with Gasteiger partial charge in [0.25, 0.3) is 0 Å². The second-order valence-corrected chi connectivity index (χ2v) is 3.55. The summed E-state index contributed by atoms with van der Waals surface area (Å²) in [4.78, 5) is 9.47. The molecule has 0 heterocycles. The van der Waals surface area contributed by atoms with E-state index in [0.29, 0.717) is 4.99 Å². The molecule has 0 radical (unpaired) electrons. The fourth-order valence-corrected chi connectivity index (χ4v) is 0.924. The highest BCUT2D eigenvalue weighted by molar-refractivity contribution is 7.80. The number of carboxylic acids is 1. The van der Waals surface area contributed by atoms with Gasteiger partial charge >= 0.3 is 12.1 Å². The van der Waals surface area contributed by atoms with Crippen LogP contribution in [0.15, 0.2) is 24.3 Å². The largest absolute Gasteiger partial charge is 0.490 e. The molecule has 0 unspecified atom stereocenters. The van der Waals surface area contributed by atoms with Crippen molar-refractivity contribution in [3.05, 3.63) is 35.4 Å². The Morgan fingerprint density at radius 1 is 1.33 bits per heavy atom. The Morgan fingerprint density at radius 2 is 1.72 bits per heavy atom. The highest BCUT2D eigenvalue weighted by Gasteiger charge is 2.38. The molecule has 0 fully saturated rings. The van der Waals surface area contributed by atoms with Gasteiger partial charge in [0, 0.05) is 5.56 Å². The average Bonchev–Trinajstić information content (AvgIpc) is 2.28. The molecular weight excluding hydrogens is 269 g/mol. The summed E-state index contributed by atoms with van der Waals surface area (Å²) in [5.74, 6) is 2.39. The van der Waals surface area contributed by atoms with Gasteiger partial charge in [0.2, 0.25) is 0 Å². The van der Waals surface area contributed by atoms with Crippen LogP contribution in [-0.2, 0) is 4.79 Å². The summed E-state index contributed by atoms with van der Waals surface area (Å²) < 4.78 is 31.7. The van der Waals surface area contributed by atoms with E-state index in [1.54, 1.807) is 0 Å². The SMILES string of the molecule is Cc1ccc(C(=S)NN)cc1.O=C(O)C(F)(F)F. The zero-order valence-electron chi connectivity index (χ0n) is 9.28. The Balaban J connectivity index is 0.000000360. The number of hydrazine groups is 1. The predicted octanol–water partition coefficient (Wildman–Crippen LogP) is 1.77. The van der Waals surface area contributed by atoms with Crippen LogP contribution in [0.25, 0.3) is 0 Å². The van der Waals surface area contributed by atoms with Crippen LogP contribution < -0.4 is 11.3 Å². The van der Waals surface area contributed by atoms with Gasteiger partial charge in [0.05, 0.1) is 0 Å². The first kappa shape index (κ1) is 16.3. The minimum Gasteiger partial charge on any atom is -0.475 e. The molecule has 4 nitrogen and oxygen atoms in total. The normalized spacial score (nSPS) is 10.1. The van der Waals surface area contributed by atoms with Gasteiger partial charge in [-0.1, -0.05) is 42.0 Å². The molecule has 0 atom stereocenters. The number of nitrogens with two attached hydrogens (primary N) is 1. The average molecular weight is 280 g/mol. The molecule has 0 aliphatic carbocycles. The Labute approximate surface area is 107 Å². The quantitative estimate of drug-likeness (QED) is 0.415. The first-order chi connectivity index (χ1) is 8.18. The number of benzene rings is 1. The molecule has 100 valence electrons. The Hall–Kier alpha value is -1.67. The summed E-state index contributed by atoms with van der Waals surface area (Å²) in [5, 5.41) is 7.12. The minimum atomic E-state index is -5.08. The van der Waals surface area contributed by atoms with Gasteiger partial charge in [0.1, 0.15) is 4.99 Å². The lowest BCUT2D eigenvalue weighted by atomic mass is 10.1. The number of nitrogens with one attached hydrogen (secondary N) is 1. The molecule has 1 rings (SSSR count). The van der Waals surface area contributed by atoms with E-state index in [-0.39, 0.29) is 0 Å². The molecule has 0 bridgehead atoms. The highest BCUT2D eigenvalue weighted by Crippen LogP contribution is 2.13. The van der Waals surface area contributed by atoms with Crippen molar-refractivity contribution in [2.45, 2.75) is 13.1 Å². The third kappa shape index (κ3) is 6.16. The van der Waals surface area contributed by atoms with Gasteiger partial charge < -0.3 is 10.5 Å². The Bertz CT molecular complexity index is 418. The summed E-state index contributed by atoms with van der Waals surface area (Å²) in [6, 6.07) is 7.88. The number of aliphatic carboxylic acids is 1. The molecule has 1 aromatic carbocycles. The number of carbonyl (C=O) groups is 1. The summed E-state index contributed by atoms with van der Waals surface area (Å²) in [5.41, 5.74) is 4.60. The van der Waals surface area contributed by atoms with E-state index in [4.69, 9.17) is 28.0 Å². The van der Waals surface area contributed by atoms with Crippen LogP contribution in [0.5, 0.6) is 0 Å². The van der Waals surface area contributed by atoms with Gasteiger partial charge in [-0.3, -0.25) is 0 Å². The maximum absolute atomic E-state index is 10.6. The number of thiocarbonyl (C=S) groups is 1. The topological polar surface area (TPSA) is 75.3 Å². The van der Waals surface area contributed by atoms with Crippen LogP contribution >= 0.6 is 12.2 Å². The number of halogens is 3. The molecule has 4 N–H and O–H groups in total. The van der Waals surface area contributed by atoms with Crippen LogP contribution in [0, 0.1) is 6.92 Å². The predicted molar refractivity (Wildman–Crippen MR) is 63.9 cm³/mol. The molecule has 0 aromatic heterocycles. The Kier molecular flexibility index (Phi) is 6.28. The lowest BCUT2D eigenvalue weighted by Crippen LogP contribution is -2.28. The molecule has 0 saturated carbocycles. The first-order valence-electron chi connectivity index (χ1n) is 4.56. The third-order valence-corrected chi connectivity index (χ3v) is 2.04. The second kappa shape index (κ2) is 6.92. The molecule has 0 aliphatic rings. The van der Waals surface area contributed by atoms with Gasteiger partial charge in [-0.2, -0.15) is 13.2 Å². The zero-order valence-corrected chi connectivity index (χ0v) is 10.1. The van der Waals surface area contributed by atoms with Crippen molar-refractivity contribution >= 4 is 23.2 Å². The van der Waals surface area contributed by atoms with Crippen molar-refractivity contribution in [3.8, 4) is 0 Å². The van der Waals surface area contributed by atoms with Crippen molar-refractivity contribution in [2.24, 2.45) is 5.84 Å².